The molecule has 0 radical (unpaired) electrons. The average molecular weight is 438 g/mol. The van der Waals surface area contributed by atoms with E-state index in [0.29, 0.717) is 25.6 Å². The van der Waals surface area contributed by atoms with E-state index in [1.165, 1.54) is 11.1 Å². The molecule has 162 valence electrons. The first-order valence-corrected chi connectivity index (χ1v) is 11.4. The van der Waals surface area contributed by atoms with E-state index in [9.17, 15) is 4.39 Å². The zero-order valence-corrected chi connectivity index (χ0v) is 18.8. The molecule has 4 rings (SSSR count). The van der Waals surface area contributed by atoms with E-state index in [4.69, 9.17) is 9.47 Å². The summed E-state index contributed by atoms with van der Waals surface area (Å²) in [6.45, 7) is 3.73. The lowest BCUT2D eigenvalue weighted by Crippen LogP contribution is -2.54. The number of hydrogen-bond donors (Lipinski definition) is 1. The molecule has 3 nitrogen and oxygen atoms in total. The highest BCUT2D eigenvalue weighted by Crippen LogP contribution is 2.32. The van der Waals surface area contributed by atoms with E-state index in [1.807, 2.05) is 31.3 Å². The van der Waals surface area contributed by atoms with Crippen molar-refractivity contribution in [2.75, 3.05) is 27.1 Å². The summed E-state index contributed by atoms with van der Waals surface area (Å²) in [6.07, 6.45) is 1.82. The first-order valence-electron chi connectivity index (χ1n) is 10.5. The van der Waals surface area contributed by atoms with Crippen LogP contribution < -0.4 is 5.32 Å². The number of hydrogen-bond acceptors (Lipinski definition) is 4. The van der Waals surface area contributed by atoms with Crippen LogP contribution in [0, 0.1) is 12.7 Å². The molecule has 0 atom stereocenters. The lowest BCUT2D eigenvalue weighted by molar-refractivity contribution is -0.144. The van der Waals surface area contributed by atoms with Gasteiger partial charge in [0.2, 0.25) is 0 Å². The maximum absolute atomic E-state index is 14.8. The summed E-state index contributed by atoms with van der Waals surface area (Å²) in [5.74, 6) is -0.199. The van der Waals surface area contributed by atoms with Crippen LogP contribution >= 0.6 is 11.8 Å². The lowest BCUT2D eigenvalue weighted by Gasteiger charge is -2.36. The second-order valence-electron chi connectivity index (χ2n) is 8.10. The van der Waals surface area contributed by atoms with Crippen molar-refractivity contribution in [2.45, 2.75) is 35.1 Å². The van der Waals surface area contributed by atoms with Crippen molar-refractivity contribution < 1.29 is 13.9 Å². The van der Waals surface area contributed by atoms with Crippen LogP contribution in [-0.2, 0) is 15.9 Å². The second-order valence-corrected chi connectivity index (χ2v) is 9.25. The van der Waals surface area contributed by atoms with E-state index in [0.717, 1.165) is 28.2 Å². The smallest absolute Gasteiger partial charge is 0.146 e. The number of aryl methyl sites for hydroxylation is 2. The molecule has 1 heterocycles. The van der Waals surface area contributed by atoms with Crippen molar-refractivity contribution in [3.63, 3.8) is 0 Å². The fourth-order valence-corrected chi connectivity index (χ4v) is 4.60. The Bertz CT molecular complexity index is 999. The summed E-state index contributed by atoms with van der Waals surface area (Å²) in [4.78, 5) is 2.01. The third-order valence-electron chi connectivity index (χ3n) is 5.81. The summed E-state index contributed by atoms with van der Waals surface area (Å²) < 4.78 is 25.8. The summed E-state index contributed by atoms with van der Waals surface area (Å²) in [7, 11) is 1.95. The number of rotatable bonds is 7. The van der Waals surface area contributed by atoms with Crippen LogP contribution in [-0.4, -0.2) is 32.6 Å². The Morgan fingerprint density at radius 3 is 2.26 bits per heavy atom. The molecule has 0 aliphatic carbocycles. The maximum atomic E-state index is 14.8. The minimum atomic E-state index is -0.199. The molecule has 0 amide bonds. The van der Waals surface area contributed by atoms with Gasteiger partial charge in [-0.05, 0) is 62.2 Å². The summed E-state index contributed by atoms with van der Waals surface area (Å²) >= 11 is 1.57. The predicted octanol–water partition coefficient (Wildman–Crippen LogP) is 5.85. The van der Waals surface area contributed by atoms with Crippen molar-refractivity contribution in [1.29, 1.82) is 0 Å². The average Bonchev–Trinajstić information content (AvgIpc) is 2.80. The normalized spacial score (nSPS) is 15.7. The standard InChI is InChI=1S/C26H28FNO2S/c1-19-3-9-22(10-4-19)31-23-11-12-24(25(27)15-23)21-7-5-20(6-8-21)13-14-26(28-2)16-29-18-30-17-26/h3-12,15,28H,13-14,16-18H2,1-2H3. The molecule has 1 N–H and O–H groups in total. The van der Waals surface area contributed by atoms with E-state index in [2.05, 4.69) is 48.6 Å². The lowest BCUT2D eigenvalue weighted by atomic mass is 9.92. The van der Waals surface area contributed by atoms with Gasteiger partial charge < -0.3 is 14.8 Å². The highest BCUT2D eigenvalue weighted by atomic mass is 32.2. The number of nitrogens with one attached hydrogen (secondary N) is 1. The van der Waals surface area contributed by atoms with Crippen molar-refractivity contribution >= 4 is 11.8 Å². The zero-order valence-electron chi connectivity index (χ0n) is 18.0. The van der Waals surface area contributed by atoms with E-state index < -0.39 is 0 Å². The molecular formula is C26H28FNO2S. The summed E-state index contributed by atoms with van der Waals surface area (Å²) in [5, 5.41) is 3.36. The minimum absolute atomic E-state index is 0.145. The Hall–Kier alpha value is -2.18. The van der Waals surface area contributed by atoms with Crippen LogP contribution in [0.2, 0.25) is 0 Å². The van der Waals surface area contributed by atoms with E-state index in [1.54, 1.807) is 17.8 Å². The van der Waals surface area contributed by atoms with Gasteiger partial charge in [0.25, 0.3) is 0 Å². The van der Waals surface area contributed by atoms with Gasteiger partial charge in [-0.1, -0.05) is 59.8 Å². The molecule has 5 heteroatoms. The molecule has 1 fully saturated rings. The first kappa shape index (κ1) is 22.0. The van der Waals surface area contributed by atoms with Gasteiger partial charge in [-0.3, -0.25) is 0 Å². The van der Waals surface area contributed by atoms with Gasteiger partial charge in [0.15, 0.2) is 0 Å². The van der Waals surface area contributed by atoms with Crippen molar-refractivity contribution in [3.05, 3.63) is 83.7 Å². The fraction of sp³-hybridized carbons (Fsp3) is 0.308. The number of halogens is 1. The Morgan fingerprint density at radius 1 is 0.935 bits per heavy atom. The molecule has 0 saturated carbocycles. The van der Waals surface area contributed by atoms with Crippen LogP contribution in [0.15, 0.2) is 76.5 Å². The van der Waals surface area contributed by atoms with Crippen molar-refractivity contribution in [1.82, 2.24) is 5.32 Å². The Morgan fingerprint density at radius 2 is 1.61 bits per heavy atom. The Kier molecular flexibility index (Phi) is 7.08. The molecule has 1 saturated heterocycles. The Labute approximate surface area is 188 Å². The third kappa shape index (κ3) is 5.55. The first-order chi connectivity index (χ1) is 15.1. The van der Waals surface area contributed by atoms with Crippen molar-refractivity contribution in [3.8, 4) is 11.1 Å². The molecule has 1 aliphatic rings. The van der Waals surface area contributed by atoms with E-state index in [-0.39, 0.29) is 11.4 Å². The third-order valence-corrected chi connectivity index (χ3v) is 6.81. The van der Waals surface area contributed by atoms with Gasteiger partial charge in [-0.25, -0.2) is 4.39 Å². The molecule has 3 aromatic rings. The van der Waals surface area contributed by atoms with Crippen LogP contribution in [0.4, 0.5) is 4.39 Å². The number of likely N-dealkylation sites (N-methyl/N-ethyl adjacent to an activating group) is 1. The summed E-state index contributed by atoms with van der Waals surface area (Å²) in [5.41, 5.74) is 3.81. The molecule has 1 aliphatic heterocycles. The molecule has 31 heavy (non-hydrogen) atoms. The summed E-state index contributed by atoms with van der Waals surface area (Å²) in [6, 6.07) is 21.9. The molecule has 0 aromatic heterocycles. The van der Waals surface area contributed by atoms with Gasteiger partial charge in [0.1, 0.15) is 12.6 Å². The quantitative estimate of drug-likeness (QED) is 0.502. The number of benzene rings is 3. The largest absolute Gasteiger partial charge is 0.353 e. The molecule has 3 aromatic carbocycles. The molecule has 0 unspecified atom stereocenters. The predicted molar refractivity (Wildman–Crippen MR) is 124 cm³/mol. The van der Waals surface area contributed by atoms with Crippen LogP contribution in [0.25, 0.3) is 11.1 Å². The monoisotopic (exact) mass is 437 g/mol. The van der Waals surface area contributed by atoms with Gasteiger partial charge in [-0.2, -0.15) is 0 Å². The topological polar surface area (TPSA) is 30.5 Å². The van der Waals surface area contributed by atoms with Crippen LogP contribution in [0.5, 0.6) is 0 Å². The van der Waals surface area contributed by atoms with Gasteiger partial charge in [0, 0.05) is 15.4 Å². The van der Waals surface area contributed by atoms with Gasteiger partial charge in [0.05, 0.1) is 18.8 Å². The zero-order chi connectivity index (χ0) is 21.7. The molecule has 0 spiro atoms. The number of ether oxygens (including phenoxy) is 2. The molecule has 0 bridgehead atoms. The maximum Gasteiger partial charge on any atom is 0.146 e. The minimum Gasteiger partial charge on any atom is -0.353 e. The van der Waals surface area contributed by atoms with E-state index >= 15 is 0 Å². The van der Waals surface area contributed by atoms with Gasteiger partial charge >= 0.3 is 0 Å². The van der Waals surface area contributed by atoms with Crippen LogP contribution in [0.1, 0.15) is 17.5 Å². The second kappa shape index (κ2) is 9.96. The van der Waals surface area contributed by atoms with Crippen LogP contribution in [0.3, 0.4) is 0 Å². The Balaban J connectivity index is 1.41. The van der Waals surface area contributed by atoms with Gasteiger partial charge in [-0.15, -0.1) is 0 Å². The highest BCUT2D eigenvalue weighted by Gasteiger charge is 2.31. The molecular weight excluding hydrogens is 409 g/mol. The SMILES string of the molecule is CNC1(CCc2ccc(-c3ccc(Sc4ccc(C)cc4)cc3F)cc2)COCOC1. The van der Waals surface area contributed by atoms with Crippen molar-refractivity contribution in [2.24, 2.45) is 0 Å². The fourth-order valence-electron chi connectivity index (χ4n) is 3.76. The highest BCUT2D eigenvalue weighted by molar-refractivity contribution is 7.99.